The van der Waals surface area contributed by atoms with Gasteiger partial charge < -0.3 is 10.1 Å². The zero-order chi connectivity index (χ0) is 19.9. The largest absolute Gasteiger partial charge is 0.497 e. The summed E-state index contributed by atoms with van der Waals surface area (Å²) >= 11 is 1.42. The summed E-state index contributed by atoms with van der Waals surface area (Å²) in [7, 11) is 1.61. The number of amides is 1. The van der Waals surface area contributed by atoms with Crippen molar-refractivity contribution in [2.45, 2.75) is 24.8 Å². The number of nitrogens with zero attached hydrogens (tertiary/aromatic N) is 5. The molecule has 0 saturated heterocycles. The molecule has 1 aromatic carbocycles. The first-order valence-electron chi connectivity index (χ1n) is 8.85. The molecule has 0 radical (unpaired) electrons. The van der Waals surface area contributed by atoms with Crippen molar-refractivity contribution < 1.29 is 9.53 Å². The quantitative estimate of drug-likeness (QED) is 0.460. The van der Waals surface area contributed by atoms with Crippen LogP contribution in [0, 0.1) is 5.92 Å². The second-order valence-corrected chi connectivity index (χ2v) is 7.36. The minimum Gasteiger partial charge on any atom is -0.497 e. The van der Waals surface area contributed by atoms with Crippen molar-refractivity contribution in [1.82, 2.24) is 30.3 Å². The van der Waals surface area contributed by atoms with Crippen molar-refractivity contribution in [3.05, 3.63) is 54.1 Å². The van der Waals surface area contributed by atoms with Crippen LogP contribution in [0.4, 0.5) is 0 Å². The summed E-state index contributed by atoms with van der Waals surface area (Å²) in [6, 6.07) is 9.19. The van der Waals surface area contributed by atoms with Crippen molar-refractivity contribution in [1.29, 1.82) is 0 Å². The standard InChI is InChI=1S/C19H22N6O2S/c1-13(2)11-22-18(26)17-16(12-28-19-20-9-4-10-21-19)25(24-23-17)14-5-7-15(27-3)8-6-14/h4-10,13H,11-12H2,1-3H3,(H,22,26). The summed E-state index contributed by atoms with van der Waals surface area (Å²) in [4.78, 5) is 21.1. The minimum atomic E-state index is -0.238. The third-order valence-corrected chi connectivity index (χ3v) is 4.73. The Morgan fingerprint density at radius 2 is 1.93 bits per heavy atom. The number of carbonyl (C=O) groups is 1. The Balaban J connectivity index is 1.90. The van der Waals surface area contributed by atoms with Crippen LogP contribution in [0.2, 0.25) is 0 Å². The number of carbonyl (C=O) groups excluding carboxylic acids is 1. The zero-order valence-electron chi connectivity index (χ0n) is 16.0. The van der Waals surface area contributed by atoms with Crippen LogP contribution >= 0.6 is 11.8 Å². The van der Waals surface area contributed by atoms with E-state index in [1.165, 1.54) is 11.8 Å². The average Bonchev–Trinajstić information content (AvgIpc) is 3.15. The molecule has 8 nitrogen and oxygen atoms in total. The van der Waals surface area contributed by atoms with Gasteiger partial charge in [0.25, 0.3) is 5.91 Å². The third kappa shape index (κ3) is 4.86. The number of ether oxygens (including phenoxy) is 1. The molecule has 146 valence electrons. The van der Waals surface area contributed by atoms with Gasteiger partial charge in [0.2, 0.25) is 0 Å². The molecule has 2 aromatic heterocycles. The maximum absolute atomic E-state index is 12.6. The average molecular weight is 398 g/mol. The maximum atomic E-state index is 12.6. The van der Waals surface area contributed by atoms with E-state index >= 15 is 0 Å². The molecule has 3 rings (SSSR count). The molecule has 0 saturated carbocycles. The molecule has 28 heavy (non-hydrogen) atoms. The van der Waals surface area contributed by atoms with E-state index in [1.807, 2.05) is 38.1 Å². The number of nitrogens with one attached hydrogen (secondary N) is 1. The fourth-order valence-electron chi connectivity index (χ4n) is 2.41. The summed E-state index contributed by atoms with van der Waals surface area (Å²) in [5.41, 5.74) is 1.78. The van der Waals surface area contributed by atoms with Crippen molar-refractivity contribution in [3.8, 4) is 11.4 Å². The lowest BCUT2D eigenvalue weighted by Crippen LogP contribution is -2.28. The predicted octanol–water partition coefficient (Wildman–Crippen LogP) is 2.74. The second-order valence-electron chi connectivity index (χ2n) is 6.42. The van der Waals surface area contributed by atoms with Crippen molar-refractivity contribution >= 4 is 17.7 Å². The molecule has 3 aromatic rings. The molecule has 0 atom stereocenters. The predicted molar refractivity (Wildman–Crippen MR) is 107 cm³/mol. The first-order valence-corrected chi connectivity index (χ1v) is 9.84. The van der Waals surface area contributed by atoms with Gasteiger partial charge in [-0.05, 0) is 36.2 Å². The Bertz CT molecular complexity index is 912. The molecular formula is C19H22N6O2S. The van der Waals surface area contributed by atoms with Gasteiger partial charge in [-0.2, -0.15) is 0 Å². The molecule has 1 N–H and O–H groups in total. The van der Waals surface area contributed by atoms with E-state index < -0.39 is 0 Å². The molecular weight excluding hydrogens is 376 g/mol. The molecule has 0 aliphatic heterocycles. The third-order valence-electron chi connectivity index (χ3n) is 3.85. The summed E-state index contributed by atoms with van der Waals surface area (Å²) in [5.74, 6) is 1.30. The summed E-state index contributed by atoms with van der Waals surface area (Å²) in [5, 5.41) is 11.9. The normalized spacial score (nSPS) is 10.9. The number of aromatic nitrogens is 5. The topological polar surface area (TPSA) is 94.8 Å². The monoisotopic (exact) mass is 398 g/mol. The highest BCUT2D eigenvalue weighted by Crippen LogP contribution is 2.23. The van der Waals surface area contributed by atoms with Gasteiger partial charge in [-0.3, -0.25) is 4.79 Å². The molecule has 0 aliphatic rings. The van der Waals surface area contributed by atoms with Crippen LogP contribution in [0.1, 0.15) is 30.0 Å². The number of benzene rings is 1. The molecule has 2 heterocycles. The van der Waals surface area contributed by atoms with Crippen molar-refractivity contribution in [2.75, 3.05) is 13.7 Å². The lowest BCUT2D eigenvalue weighted by atomic mass is 10.2. The van der Waals surface area contributed by atoms with Gasteiger partial charge in [-0.25, -0.2) is 14.6 Å². The highest BCUT2D eigenvalue weighted by molar-refractivity contribution is 7.98. The molecule has 0 aliphatic carbocycles. The van der Waals surface area contributed by atoms with Gasteiger partial charge in [0.15, 0.2) is 10.9 Å². The molecule has 0 unspecified atom stereocenters. The molecule has 0 bridgehead atoms. The number of rotatable bonds is 8. The molecule has 1 amide bonds. The lowest BCUT2D eigenvalue weighted by Gasteiger charge is -2.10. The van der Waals surface area contributed by atoms with Gasteiger partial charge in [0.05, 0.1) is 18.5 Å². The van der Waals surface area contributed by atoms with Gasteiger partial charge in [0.1, 0.15) is 5.75 Å². The van der Waals surface area contributed by atoms with Crippen molar-refractivity contribution in [3.63, 3.8) is 0 Å². The Morgan fingerprint density at radius 1 is 1.21 bits per heavy atom. The Kier molecular flexibility index (Phi) is 6.59. The highest BCUT2D eigenvalue weighted by Gasteiger charge is 2.21. The van der Waals surface area contributed by atoms with Gasteiger partial charge in [0, 0.05) is 24.7 Å². The van der Waals surface area contributed by atoms with Crippen LogP contribution in [-0.4, -0.2) is 44.5 Å². The van der Waals surface area contributed by atoms with E-state index in [0.29, 0.717) is 34.8 Å². The SMILES string of the molecule is COc1ccc(-n2nnc(C(=O)NCC(C)C)c2CSc2ncccn2)cc1. The van der Waals surface area contributed by atoms with E-state index in [2.05, 4.69) is 25.6 Å². The lowest BCUT2D eigenvalue weighted by molar-refractivity contribution is 0.0943. The molecule has 0 spiro atoms. The van der Waals surface area contributed by atoms with E-state index in [9.17, 15) is 4.79 Å². The van der Waals surface area contributed by atoms with Crippen LogP contribution in [0.25, 0.3) is 5.69 Å². The summed E-state index contributed by atoms with van der Waals surface area (Å²) in [6.07, 6.45) is 3.37. The Morgan fingerprint density at radius 3 is 2.57 bits per heavy atom. The maximum Gasteiger partial charge on any atom is 0.273 e. The number of hydrogen-bond acceptors (Lipinski definition) is 7. The first-order chi connectivity index (χ1) is 13.6. The number of thioether (sulfide) groups is 1. The fourth-order valence-corrected chi connectivity index (χ4v) is 3.21. The summed E-state index contributed by atoms with van der Waals surface area (Å²) in [6.45, 7) is 4.65. The van der Waals surface area contributed by atoms with Crippen LogP contribution in [0.3, 0.4) is 0 Å². The molecule has 9 heteroatoms. The Labute approximate surface area is 167 Å². The van der Waals surface area contributed by atoms with Crippen LogP contribution in [0.5, 0.6) is 5.75 Å². The second kappa shape index (κ2) is 9.32. The minimum absolute atomic E-state index is 0.238. The van der Waals surface area contributed by atoms with E-state index in [4.69, 9.17) is 4.74 Å². The van der Waals surface area contributed by atoms with Gasteiger partial charge in [-0.1, -0.05) is 30.8 Å². The fraction of sp³-hybridized carbons (Fsp3) is 0.316. The highest BCUT2D eigenvalue weighted by atomic mass is 32.2. The summed E-state index contributed by atoms with van der Waals surface area (Å²) < 4.78 is 6.87. The van der Waals surface area contributed by atoms with E-state index in [0.717, 1.165) is 11.4 Å². The van der Waals surface area contributed by atoms with Gasteiger partial charge in [-0.15, -0.1) is 5.10 Å². The van der Waals surface area contributed by atoms with E-state index in [-0.39, 0.29) is 5.91 Å². The number of methoxy groups -OCH3 is 1. The van der Waals surface area contributed by atoms with E-state index in [1.54, 1.807) is 30.3 Å². The molecule has 0 fully saturated rings. The zero-order valence-corrected chi connectivity index (χ0v) is 16.8. The van der Waals surface area contributed by atoms with Crippen LogP contribution in [0.15, 0.2) is 47.9 Å². The first kappa shape index (κ1) is 19.8. The van der Waals surface area contributed by atoms with Crippen LogP contribution < -0.4 is 10.1 Å². The Hall–Kier alpha value is -2.94. The van der Waals surface area contributed by atoms with Crippen LogP contribution in [-0.2, 0) is 5.75 Å². The smallest absolute Gasteiger partial charge is 0.273 e. The van der Waals surface area contributed by atoms with Gasteiger partial charge >= 0.3 is 0 Å². The number of hydrogen-bond donors (Lipinski definition) is 1. The van der Waals surface area contributed by atoms with Crippen molar-refractivity contribution in [2.24, 2.45) is 5.92 Å².